The summed E-state index contributed by atoms with van der Waals surface area (Å²) in [7, 11) is 0. The summed E-state index contributed by atoms with van der Waals surface area (Å²) in [6.45, 7) is 5.60. The summed E-state index contributed by atoms with van der Waals surface area (Å²) in [5.41, 5.74) is 6.10. The number of hydrogen-bond donors (Lipinski definition) is 2. The minimum Gasteiger partial charge on any atom is -0.491 e. The quantitative estimate of drug-likeness (QED) is 0.866. The van der Waals surface area contributed by atoms with Crippen LogP contribution in [-0.4, -0.2) is 37.3 Å². The molecule has 1 aromatic carbocycles. The molecular weight excluding hydrogens is 268 g/mol. The van der Waals surface area contributed by atoms with Gasteiger partial charge in [-0.1, -0.05) is 6.07 Å². The number of benzene rings is 1. The van der Waals surface area contributed by atoms with Crippen molar-refractivity contribution in [2.45, 2.75) is 38.3 Å². The second-order valence-corrected chi connectivity index (χ2v) is 5.75. The van der Waals surface area contributed by atoms with Crippen LogP contribution >= 0.6 is 0 Å². The Morgan fingerprint density at radius 1 is 1.43 bits per heavy atom. The lowest BCUT2D eigenvalue weighted by molar-refractivity contribution is 0.0388. The smallest absolute Gasteiger partial charge is 0.251 e. The van der Waals surface area contributed by atoms with E-state index in [9.17, 15) is 4.79 Å². The van der Waals surface area contributed by atoms with Gasteiger partial charge in [-0.2, -0.15) is 0 Å². The number of nitrogens with two attached hydrogens (primary N) is 1. The van der Waals surface area contributed by atoms with Gasteiger partial charge in [-0.25, -0.2) is 0 Å². The van der Waals surface area contributed by atoms with Gasteiger partial charge < -0.3 is 20.5 Å². The SMILES string of the molecule is CC(C)Oc1cccc(C(=O)NC2(CN)CCOCC2)c1. The molecule has 1 aliphatic heterocycles. The fraction of sp³-hybridized carbons (Fsp3) is 0.562. The van der Waals surface area contributed by atoms with E-state index in [-0.39, 0.29) is 17.6 Å². The average molecular weight is 292 g/mol. The number of amides is 1. The maximum Gasteiger partial charge on any atom is 0.251 e. The summed E-state index contributed by atoms with van der Waals surface area (Å²) < 4.78 is 11.0. The van der Waals surface area contributed by atoms with E-state index < -0.39 is 0 Å². The molecule has 1 saturated heterocycles. The van der Waals surface area contributed by atoms with Gasteiger partial charge in [-0.15, -0.1) is 0 Å². The number of hydrogen-bond acceptors (Lipinski definition) is 4. The maximum absolute atomic E-state index is 12.5. The predicted octanol–water partition coefficient (Wildman–Crippen LogP) is 1.71. The summed E-state index contributed by atoms with van der Waals surface area (Å²) in [6.07, 6.45) is 1.57. The normalized spacial score (nSPS) is 17.5. The number of nitrogens with one attached hydrogen (secondary N) is 1. The molecule has 1 aromatic rings. The third kappa shape index (κ3) is 4.19. The average Bonchev–Trinajstić information content (AvgIpc) is 2.48. The van der Waals surface area contributed by atoms with Gasteiger partial charge >= 0.3 is 0 Å². The molecule has 0 aliphatic carbocycles. The minimum absolute atomic E-state index is 0.0780. The van der Waals surface area contributed by atoms with Crippen LogP contribution in [0, 0.1) is 0 Å². The van der Waals surface area contributed by atoms with Gasteiger partial charge in [0.2, 0.25) is 0 Å². The van der Waals surface area contributed by atoms with E-state index in [0.717, 1.165) is 12.8 Å². The molecule has 5 nitrogen and oxygen atoms in total. The van der Waals surface area contributed by atoms with Gasteiger partial charge in [0.25, 0.3) is 5.91 Å². The van der Waals surface area contributed by atoms with Gasteiger partial charge in [0, 0.05) is 25.3 Å². The Hall–Kier alpha value is -1.59. The van der Waals surface area contributed by atoms with Crippen LogP contribution in [0.4, 0.5) is 0 Å². The molecule has 1 heterocycles. The van der Waals surface area contributed by atoms with Crippen molar-refractivity contribution in [2.24, 2.45) is 5.73 Å². The molecule has 1 aliphatic rings. The van der Waals surface area contributed by atoms with E-state index >= 15 is 0 Å². The Kier molecular flexibility index (Phi) is 5.20. The minimum atomic E-state index is -0.357. The summed E-state index contributed by atoms with van der Waals surface area (Å²) in [5.74, 6) is 0.586. The summed E-state index contributed by atoms with van der Waals surface area (Å²) in [6, 6.07) is 7.22. The van der Waals surface area contributed by atoms with Crippen LogP contribution in [-0.2, 0) is 4.74 Å². The number of ether oxygens (including phenoxy) is 2. The van der Waals surface area contributed by atoms with Crippen molar-refractivity contribution in [1.29, 1.82) is 0 Å². The van der Waals surface area contributed by atoms with Gasteiger partial charge in [0.1, 0.15) is 5.75 Å². The lowest BCUT2D eigenvalue weighted by atomic mass is 9.89. The van der Waals surface area contributed by atoms with E-state index in [4.69, 9.17) is 15.2 Å². The highest BCUT2D eigenvalue weighted by Crippen LogP contribution is 2.21. The fourth-order valence-corrected chi connectivity index (χ4v) is 2.44. The molecule has 116 valence electrons. The Morgan fingerprint density at radius 3 is 2.76 bits per heavy atom. The van der Waals surface area contributed by atoms with Crippen molar-refractivity contribution in [3.8, 4) is 5.75 Å². The number of carbonyl (C=O) groups excluding carboxylic acids is 1. The van der Waals surface area contributed by atoms with Crippen LogP contribution in [0.2, 0.25) is 0 Å². The topological polar surface area (TPSA) is 73.6 Å². The van der Waals surface area contributed by atoms with Crippen molar-refractivity contribution < 1.29 is 14.3 Å². The lowest BCUT2D eigenvalue weighted by Gasteiger charge is -2.37. The van der Waals surface area contributed by atoms with Crippen molar-refractivity contribution in [3.05, 3.63) is 29.8 Å². The third-order valence-corrected chi connectivity index (χ3v) is 3.69. The first-order valence-corrected chi connectivity index (χ1v) is 7.42. The molecule has 5 heteroatoms. The number of carbonyl (C=O) groups is 1. The first-order chi connectivity index (χ1) is 10.0. The van der Waals surface area contributed by atoms with Crippen LogP contribution < -0.4 is 15.8 Å². The molecule has 0 spiro atoms. The van der Waals surface area contributed by atoms with E-state index in [1.165, 1.54) is 0 Å². The van der Waals surface area contributed by atoms with Crippen molar-refractivity contribution in [3.63, 3.8) is 0 Å². The van der Waals surface area contributed by atoms with Crippen molar-refractivity contribution in [2.75, 3.05) is 19.8 Å². The lowest BCUT2D eigenvalue weighted by Crippen LogP contribution is -2.56. The molecule has 1 fully saturated rings. The Labute approximate surface area is 125 Å². The highest BCUT2D eigenvalue weighted by molar-refractivity contribution is 5.95. The Balaban J connectivity index is 2.08. The van der Waals surface area contributed by atoms with Gasteiger partial charge in [0.05, 0.1) is 11.6 Å². The summed E-state index contributed by atoms with van der Waals surface area (Å²) in [4.78, 5) is 12.5. The summed E-state index contributed by atoms with van der Waals surface area (Å²) >= 11 is 0. The van der Waals surface area contributed by atoms with Gasteiger partial charge in [-0.3, -0.25) is 4.79 Å². The van der Waals surface area contributed by atoms with Crippen LogP contribution in [0.15, 0.2) is 24.3 Å². The third-order valence-electron chi connectivity index (χ3n) is 3.69. The largest absolute Gasteiger partial charge is 0.491 e. The summed E-state index contributed by atoms with van der Waals surface area (Å²) in [5, 5.41) is 3.08. The fourth-order valence-electron chi connectivity index (χ4n) is 2.44. The Bertz CT molecular complexity index is 482. The zero-order valence-electron chi connectivity index (χ0n) is 12.7. The van der Waals surface area contributed by atoms with Crippen LogP contribution in [0.3, 0.4) is 0 Å². The van der Waals surface area contributed by atoms with E-state index in [0.29, 0.717) is 31.1 Å². The molecule has 0 bridgehead atoms. The standard InChI is InChI=1S/C16H24N2O3/c1-12(2)21-14-5-3-4-13(10-14)15(19)18-16(11-17)6-8-20-9-7-16/h3-5,10,12H,6-9,11,17H2,1-2H3,(H,18,19). The molecule has 21 heavy (non-hydrogen) atoms. The van der Waals surface area contributed by atoms with Crippen LogP contribution in [0.5, 0.6) is 5.75 Å². The van der Waals surface area contributed by atoms with Gasteiger partial charge in [-0.05, 0) is 44.9 Å². The first-order valence-electron chi connectivity index (χ1n) is 7.42. The van der Waals surface area contributed by atoms with Crippen molar-refractivity contribution in [1.82, 2.24) is 5.32 Å². The first kappa shape index (κ1) is 15.8. The molecule has 0 unspecified atom stereocenters. The maximum atomic E-state index is 12.5. The molecule has 0 aromatic heterocycles. The second-order valence-electron chi connectivity index (χ2n) is 5.75. The zero-order chi connectivity index (χ0) is 15.3. The molecular formula is C16H24N2O3. The molecule has 1 amide bonds. The monoisotopic (exact) mass is 292 g/mol. The predicted molar refractivity (Wildman–Crippen MR) is 81.5 cm³/mol. The zero-order valence-corrected chi connectivity index (χ0v) is 12.7. The second kappa shape index (κ2) is 6.91. The molecule has 0 radical (unpaired) electrons. The molecule has 0 atom stereocenters. The van der Waals surface area contributed by atoms with Crippen molar-refractivity contribution >= 4 is 5.91 Å². The van der Waals surface area contributed by atoms with E-state index in [2.05, 4.69) is 5.32 Å². The molecule has 3 N–H and O–H groups in total. The number of rotatable bonds is 5. The van der Waals surface area contributed by atoms with Gasteiger partial charge in [0.15, 0.2) is 0 Å². The Morgan fingerprint density at radius 2 is 2.14 bits per heavy atom. The highest BCUT2D eigenvalue weighted by Gasteiger charge is 2.33. The van der Waals surface area contributed by atoms with E-state index in [1.807, 2.05) is 26.0 Å². The highest BCUT2D eigenvalue weighted by atomic mass is 16.5. The molecule has 0 saturated carbocycles. The van der Waals surface area contributed by atoms with Crippen LogP contribution in [0.25, 0.3) is 0 Å². The van der Waals surface area contributed by atoms with Crippen LogP contribution in [0.1, 0.15) is 37.0 Å². The van der Waals surface area contributed by atoms with E-state index in [1.54, 1.807) is 12.1 Å². The molecule has 2 rings (SSSR count).